The van der Waals surface area contributed by atoms with Gasteiger partial charge in [-0.25, -0.2) is 18.4 Å². The molecule has 0 unspecified atom stereocenters. The number of nitrogens with zero attached hydrogens (tertiary/aromatic N) is 3. The quantitative estimate of drug-likeness (QED) is 0.464. The Morgan fingerprint density at radius 3 is 2.55 bits per heavy atom. The van der Waals surface area contributed by atoms with E-state index in [1.54, 1.807) is 56.7 Å². The molecule has 156 valence electrons. The van der Waals surface area contributed by atoms with Crippen LogP contribution in [-0.2, 0) is 14.6 Å². The van der Waals surface area contributed by atoms with Crippen LogP contribution >= 0.6 is 11.6 Å². The number of methoxy groups -OCH3 is 1. The molecule has 0 amide bonds. The van der Waals surface area contributed by atoms with E-state index < -0.39 is 14.6 Å². The van der Waals surface area contributed by atoms with E-state index in [9.17, 15) is 8.42 Å². The lowest BCUT2D eigenvalue weighted by Crippen LogP contribution is -2.28. The summed E-state index contributed by atoms with van der Waals surface area (Å²) in [6.07, 6.45) is 3.14. The first-order valence-electron chi connectivity index (χ1n) is 8.85. The molecule has 0 aromatic carbocycles. The highest BCUT2D eigenvalue weighted by Gasteiger charge is 2.34. The second kappa shape index (κ2) is 7.81. The highest BCUT2D eigenvalue weighted by Crippen LogP contribution is 2.35. The van der Waals surface area contributed by atoms with Crippen molar-refractivity contribution in [1.29, 1.82) is 0 Å². The van der Waals surface area contributed by atoms with E-state index in [1.807, 2.05) is 0 Å². The zero-order valence-corrected chi connectivity index (χ0v) is 18.2. The predicted molar refractivity (Wildman–Crippen MR) is 112 cm³/mol. The molecule has 8 nitrogen and oxygen atoms in total. The van der Waals surface area contributed by atoms with Crippen LogP contribution in [0.1, 0.15) is 20.8 Å². The summed E-state index contributed by atoms with van der Waals surface area (Å²) in [5.74, 6) is 0.485. The number of ether oxygens (including phenoxy) is 2. The standard InChI is InChI=1S/C19H23ClN4O4S/c1-19(2,3)29(25,26)15-11-24-13(12-7-16(20)23-17(21)8-12)10-22-18(24)9-14(15)28-6-5-27-4/h7-11H,5-6H2,1-4H3,(H2,21,23). The summed E-state index contributed by atoms with van der Waals surface area (Å²) < 4.78 is 37.8. The number of halogens is 1. The van der Waals surface area contributed by atoms with Crippen molar-refractivity contribution in [3.8, 4) is 17.0 Å². The summed E-state index contributed by atoms with van der Waals surface area (Å²) >= 11 is 6.03. The maximum atomic E-state index is 13.2. The first kappa shape index (κ1) is 21.4. The molecule has 0 bridgehead atoms. The first-order chi connectivity index (χ1) is 13.5. The van der Waals surface area contributed by atoms with Gasteiger partial charge in [0.15, 0.2) is 9.84 Å². The number of anilines is 1. The third-order valence-electron chi connectivity index (χ3n) is 4.33. The summed E-state index contributed by atoms with van der Waals surface area (Å²) in [6.45, 7) is 5.47. The molecule has 0 aliphatic carbocycles. The first-order valence-corrected chi connectivity index (χ1v) is 10.7. The lowest BCUT2D eigenvalue weighted by molar-refractivity contribution is 0.144. The summed E-state index contributed by atoms with van der Waals surface area (Å²) in [6, 6.07) is 4.89. The minimum Gasteiger partial charge on any atom is -0.490 e. The Balaban J connectivity index is 2.24. The monoisotopic (exact) mass is 438 g/mol. The smallest absolute Gasteiger partial charge is 0.188 e. The van der Waals surface area contributed by atoms with Crippen LogP contribution in [0.4, 0.5) is 5.82 Å². The van der Waals surface area contributed by atoms with Crippen LogP contribution in [0, 0.1) is 0 Å². The van der Waals surface area contributed by atoms with Crippen molar-refractivity contribution >= 4 is 32.9 Å². The van der Waals surface area contributed by atoms with Gasteiger partial charge < -0.3 is 15.2 Å². The number of nitrogens with two attached hydrogens (primary N) is 1. The zero-order chi connectivity index (χ0) is 21.4. The van der Waals surface area contributed by atoms with Gasteiger partial charge in [0.05, 0.1) is 23.2 Å². The van der Waals surface area contributed by atoms with Gasteiger partial charge in [0, 0.05) is 24.9 Å². The zero-order valence-electron chi connectivity index (χ0n) is 16.6. The molecule has 3 aromatic heterocycles. The molecule has 29 heavy (non-hydrogen) atoms. The van der Waals surface area contributed by atoms with Crippen LogP contribution in [0.2, 0.25) is 5.15 Å². The van der Waals surface area contributed by atoms with Gasteiger partial charge in [-0.05, 0) is 32.9 Å². The highest BCUT2D eigenvalue weighted by atomic mass is 35.5. The number of aromatic nitrogens is 3. The number of rotatable bonds is 6. The van der Waals surface area contributed by atoms with E-state index in [-0.39, 0.29) is 28.2 Å². The molecule has 0 fully saturated rings. The number of pyridine rings is 2. The average molecular weight is 439 g/mol. The van der Waals surface area contributed by atoms with Crippen molar-refractivity contribution in [3.63, 3.8) is 0 Å². The minimum absolute atomic E-state index is 0.0704. The van der Waals surface area contributed by atoms with Crippen molar-refractivity contribution in [2.45, 2.75) is 30.4 Å². The molecule has 10 heteroatoms. The largest absolute Gasteiger partial charge is 0.490 e. The minimum atomic E-state index is -3.71. The Kier molecular flexibility index (Phi) is 5.75. The van der Waals surface area contributed by atoms with Crippen molar-refractivity contribution in [3.05, 3.63) is 35.7 Å². The Bertz CT molecular complexity index is 1130. The normalized spacial score (nSPS) is 12.4. The van der Waals surface area contributed by atoms with Crippen molar-refractivity contribution in [1.82, 2.24) is 14.4 Å². The number of hydrogen-bond acceptors (Lipinski definition) is 7. The summed E-state index contributed by atoms with van der Waals surface area (Å²) in [4.78, 5) is 8.41. The summed E-state index contributed by atoms with van der Waals surface area (Å²) in [7, 11) is -2.16. The second-order valence-corrected chi connectivity index (χ2v) is 10.5. The fourth-order valence-electron chi connectivity index (χ4n) is 2.74. The van der Waals surface area contributed by atoms with Gasteiger partial charge in [-0.3, -0.25) is 4.40 Å². The number of fused-ring (bicyclic) bond motifs is 1. The average Bonchev–Trinajstić information content (AvgIpc) is 3.02. The summed E-state index contributed by atoms with van der Waals surface area (Å²) in [5, 5.41) is 0.233. The van der Waals surface area contributed by atoms with Gasteiger partial charge >= 0.3 is 0 Å². The van der Waals surface area contributed by atoms with E-state index in [1.165, 1.54) is 6.20 Å². The maximum absolute atomic E-state index is 13.2. The Labute approximate surface area is 174 Å². The number of sulfone groups is 1. The van der Waals surface area contributed by atoms with Crippen molar-refractivity contribution in [2.24, 2.45) is 0 Å². The third kappa shape index (κ3) is 4.17. The van der Waals surface area contributed by atoms with E-state index in [0.717, 1.165) is 0 Å². The molecule has 0 spiro atoms. The molecular weight excluding hydrogens is 416 g/mol. The molecule has 0 saturated heterocycles. The van der Waals surface area contributed by atoms with Gasteiger partial charge in [-0.1, -0.05) is 11.6 Å². The molecule has 0 aliphatic rings. The molecule has 0 atom stereocenters. The lowest BCUT2D eigenvalue weighted by Gasteiger charge is -2.22. The van der Waals surface area contributed by atoms with Crippen LogP contribution in [0.3, 0.4) is 0 Å². The number of nitrogen functional groups attached to an aromatic ring is 1. The van der Waals surface area contributed by atoms with Crippen molar-refractivity contribution < 1.29 is 17.9 Å². The van der Waals surface area contributed by atoms with Crippen LogP contribution in [-0.4, -0.2) is 47.9 Å². The Morgan fingerprint density at radius 1 is 1.21 bits per heavy atom. The van der Waals surface area contributed by atoms with Gasteiger partial charge in [0.2, 0.25) is 0 Å². The molecule has 2 N–H and O–H groups in total. The van der Waals surface area contributed by atoms with E-state index in [0.29, 0.717) is 23.5 Å². The maximum Gasteiger partial charge on any atom is 0.188 e. The van der Waals surface area contributed by atoms with Gasteiger partial charge in [-0.15, -0.1) is 0 Å². The van der Waals surface area contributed by atoms with Gasteiger partial charge in [0.25, 0.3) is 0 Å². The molecular formula is C19H23ClN4O4S. The topological polar surface area (TPSA) is 109 Å². The third-order valence-corrected chi connectivity index (χ3v) is 7.02. The Hall–Kier alpha value is -2.36. The lowest BCUT2D eigenvalue weighted by atomic mass is 10.2. The van der Waals surface area contributed by atoms with Gasteiger partial charge in [0.1, 0.15) is 33.9 Å². The molecule has 3 heterocycles. The highest BCUT2D eigenvalue weighted by molar-refractivity contribution is 7.92. The molecule has 0 aliphatic heterocycles. The fourth-order valence-corrected chi connectivity index (χ4v) is 4.25. The van der Waals surface area contributed by atoms with Crippen LogP contribution in [0.15, 0.2) is 35.5 Å². The summed E-state index contributed by atoms with van der Waals surface area (Å²) in [5.41, 5.74) is 7.62. The van der Waals surface area contributed by atoms with Crippen LogP contribution in [0.25, 0.3) is 16.9 Å². The number of imidazole rings is 1. The predicted octanol–water partition coefficient (Wildman–Crippen LogP) is 3.23. The van der Waals surface area contributed by atoms with Crippen LogP contribution in [0.5, 0.6) is 5.75 Å². The number of hydrogen-bond donors (Lipinski definition) is 1. The fraction of sp³-hybridized carbons (Fsp3) is 0.368. The SMILES string of the molecule is COCCOc1cc2ncc(-c3cc(N)nc(Cl)c3)n2cc1S(=O)(=O)C(C)(C)C. The molecule has 3 aromatic rings. The van der Waals surface area contributed by atoms with E-state index >= 15 is 0 Å². The van der Waals surface area contributed by atoms with Crippen molar-refractivity contribution in [2.75, 3.05) is 26.1 Å². The molecule has 0 saturated carbocycles. The molecule has 0 radical (unpaired) electrons. The van der Waals surface area contributed by atoms with Gasteiger partial charge in [-0.2, -0.15) is 0 Å². The van der Waals surface area contributed by atoms with E-state index in [4.69, 9.17) is 26.8 Å². The van der Waals surface area contributed by atoms with Crippen LogP contribution < -0.4 is 10.5 Å². The Morgan fingerprint density at radius 2 is 1.93 bits per heavy atom. The second-order valence-electron chi connectivity index (χ2n) is 7.43. The van der Waals surface area contributed by atoms with E-state index in [2.05, 4.69) is 9.97 Å². The molecule has 3 rings (SSSR count).